The number of benzene rings is 2. The Labute approximate surface area is 182 Å². The molecule has 0 heterocycles. The van der Waals surface area contributed by atoms with Crippen LogP contribution in [0.5, 0.6) is 11.5 Å². The van der Waals surface area contributed by atoms with Gasteiger partial charge >= 0.3 is 0 Å². The summed E-state index contributed by atoms with van der Waals surface area (Å²) in [5.41, 5.74) is 0. The first kappa shape index (κ1) is 24.1. The Morgan fingerprint density at radius 2 is 1.24 bits per heavy atom. The van der Waals surface area contributed by atoms with Crippen molar-refractivity contribution >= 4 is 30.5 Å². The molecule has 160 valence electrons. The Morgan fingerprint density at radius 3 is 1.62 bits per heavy atom. The van der Waals surface area contributed by atoms with Crippen LogP contribution in [-0.2, 0) is 4.52 Å². The molecule has 5 heteroatoms. The first-order valence-electron chi connectivity index (χ1n) is 10.1. The fraction of sp³-hybridized carbons (Fsp3) is 0.500. The van der Waals surface area contributed by atoms with Crippen molar-refractivity contribution in [2.24, 2.45) is 5.92 Å². The van der Waals surface area contributed by atoms with Crippen molar-refractivity contribution in [3.63, 3.8) is 0 Å². The SMILES string of the molecule is COc1ccccc1P(O[C@H](C)[C@H](SC(C)(C)C)C(C)C)c1ccccc1OC. The van der Waals surface area contributed by atoms with E-state index in [-0.39, 0.29) is 10.9 Å². The number of methoxy groups -OCH3 is 2. The summed E-state index contributed by atoms with van der Waals surface area (Å²) in [5.74, 6) is 2.20. The van der Waals surface area contributed by atoms with Crippen LogP contribution in [-0.4, -0.2) is 30.3 Å². The fourth-order valence-electron chi connectivity index (χ4n) is 3.25. The van der Waals surface area contributed by atoms with Crippen molar-refractivity contribution in [2.75, 3.05) is 14.2 Å². The topological polar surface area (TPSA) is 27.7 Å². The molecule has 2 atom stereocenters. The van der Waals surface area contributed by atoms with Crippen molar-refractivity contribution in [3.05, 3.63) is 48.5 Å². The fourth-order valence-corrected chi connectivity index (χ4v) is 6.79. The normalized spacial score (nSPS) is 14.1. The minimum atomic E-state index is -1.11. The van der Waals surface area contributed by atoms with E-state index >= 15 is 0 Å². The Kier molecular flexibility index (Phi) is 8.88. The summed E-state index contributed by atoms with van der Waals surface area (Å²) >= 11 is 1.99. The zero-order chi connectivity index (χ0) is 21.6. The molecule has 2 aromatic carbocycles. The highest BCUT2D eigenvalue weighted by Crippen LogP contribution is 2.45. The Morgan fingerprint density at radius 1 is 0.793 bits per heavy atom. The van der Waals surface area contributed by atoms with Crippen LogP contribution in [0, 0.1) is 5.92 Å². The molecule has 0 aliphatic carbocycles. The van der Waals surface area contributed by atoms with Crippen molar-refractivity contribution in [3.8, 4) is 11.5 Å². The van der Waals surface area contributed by atoms with Crippen LogP contribution in [0.15, 0.2) is 48.5 Å². The summed E-state index contributed by atoms with van der Waals surface area (Å²) in [4.78, 5) is 0. The van der Waals surface area contributed by atoms with Crippen molar-refractivity contribution < 1.29 is 14.0 Å². The molecule has 0 aliphatic rings. The lowest BCUT2D eigenvalue weighted by molar-refractivity contribution is 0.227. The summed E-state index contributed by atoms with van der Waals surface area (Å²) in [7, 11) is 2.32. The molecule has 2 rings (SSSR count). The number of hydrogen-bond donors (Lipinski definition) is 0. The van der Waals surface area contributed by atoms with Crippen LogP contribution in [0.2, 0.25) is 0 Å². The number of rotatable bonds is 9. The van der Waals surface area contributed by atoms with Gasteiger partial charge in [-0.25, -0.2) is 0 Å². The van der Waals surface area contributed by atoms with Crippen molar-refractivity contribution in [2.45, 2.75) is 57.6 Å². The lowest BCUT2D eigenvalue weighted by Gasteiger charge is -2.35. The van der Waals surface area contributed by atoms with Gasteiger partial charge in [-0.05, 0) is 37.1 Å². The van der Waals surface area contributed by atoms with Gasteiger partial charge in [0.2, 0.25) is 0 Å². The zero-order valence-electron chi connectivity index (χ0n) is 18.9. The molecule has 0 unspecified atom stereocenters. The van der Waals surface area contributed by atoms with Gasteiger partial charge in [-0.1, -0.05) is 58.9 Å². The highest BCUT2D eigenvalue weighted by molar-refractivity contribution is 8.01. The lowest BCUT2D eigenvalue weighted by Crippen LogP contribution is -2.33. The van der Waals surface area contributed by atoms with Gasteiger partial charge in [-0.3, -0.25) is 0 Å². The molecule has 29 heavy (non-hydrogen) atoms. The molecule has 0 radical (unpaired) electrons. The van der Waals surface area contributed by atoms with E-state index in [1.807, 2.05) is 48.2 Å². The zero-order valence-corrected chi connectivity index (χ0v) is 20.6. The number of ether oxygens (including phenoxy) is 2. The highest BCUT2D eigenvalue weighted by Gasteiger charge is 2.32. The van der Waals surface area contributed by atoms with Gasteiger partial charge in [0.05, 0.1) is 28.5 Å². The Hall–Kier alpha value is -1.22. The summed E-state index contributed by atoms with van der Waals surface area (Å²) in [6, 6.07) is 16.3. The minimum Gasteiger partial charge on any atom is -0.496 e. The van der Waals surface area contributed by atoms with Crippen LogP contribution in [0.3, 0.4) is 0 Å². The molecule has 2 aromatic rings. The molecule has 0 saturated heterocycles. The third-order valence-electron chi connectivity index (χ3n) is 4.49. The van der Waals surface area contributed by atoms with E-state index in [2.05, 4.69) is 53.7 Å². The van der Waals surface area contributed by atoms with E-state index in [0.29, 0.717) is 11.2 Å². The van der Waals surface area contributed by atoms with E-state index in [1.54, 1.807) is 14.2 Å². The van der Waals surface area contributed by atoms with Crippen LogP contribution in [0.4, 0.5) is 0 Å². The van der Waals surface area contributed by atoms with E-state index in [9.17, 15) is 0 Å². The van der Waals surface area contributed by atoms with Gasteiger partial charge in [0.1, 0.15) is 11.5 Å². The third-order valence-corrected chi connectivity index (χ3v) is 8.55. The standard InChI is InChI=1S/C24H35O3PS/c1-17(2)23(29-24(4,5)6)18(3)27-28(21-15-11-9-13-19(21)25-7)22-16-12-10-14-20(22)26-8/h9-18,23H,1-8H3/t18-,23-/m1/s1. The van der Waals surface area contributed by atoms with Crippen LogP contribution < -0.4 is 20.1 Å². The first-order chi connectivity index (χ1) is 13.7. The van der Waals surface area contributed by atoms with E-state index in [0.717, 1.165) is 22.1 Å². The van der Waals surface area contributed by atoms with Crippen molar-refractivity contribution in [1.29, 1.82) is 0 Å². The van der Waals surface area contributed by atoms with Gasteiger partial charge in [0.25, 0.3) is 0 Å². The number of para-hydroxylation sites is 2. The summed E-state index contributed by atoms with van der Waals surface area (Å²) in [6.07, 6.45) is 0.0696. The lowest BCUT2D eigenvalue weighted by atomic mass is 10.1. The quantitative estimate of drug-likeness (QED) is 0.452. The average Bonchev–Trinajstić information content (AvgIpc) is 2.69. The van der Waals surface area contributed by atoms with Gasteiger partial charge in [-0.2, -0.15) is 0 Å². The number of hydrogen-bond acceptors (Lipinski definition) is 4. The molecule has 0 amide bonds. The largest absolute Gasteiger partial charge is 0.496 e. The smallest absolute Gasteiger partial charge is 0.129 e. The number of thioether (sulfide) groups is 1. The molecule has 0 spiro atoms. The van der Waals surface area contributed by atoms with E-state index in [4.69, 9.17) is 14.0 Å². The van der Waals surface area contributed by atoms with Gasteiger partial charge in [-0.15, -0.1) is 11.8 Å². The molecule has 0 fully saturated rings. The van der Waals surface area contributed by atoms with Crippen LogP contribution in [0.25, 0.3) is 0 Å². The second-order valence-electron chi connectivity index (χ2n) is 8.39. The predicted octanol–water partition coefficient (Wildman–Crippen LogP) is 6.01. The minimum absolute atomic E-state index is 0.0696. The molecule has 0 aliphatic heterocycles. The Bertz CT molecular complexity index is 725. The second kappa shape index (κ2) is 10.7. The highest BCUT2D eigenvalue weighted by atomic mass is 32.2. The van der Waals surface area contributed by atoms with Crippen molar-refractivity contribution in [1.82, 2.24) is 0 Å². The summed E-state index contributed by atoms with van der Waals surface area (Å²) < 4.78 is 18.4. The predicted molar refractivity (Wildman–Crippen MR) is 129 cm³/mol. The summed E-state index contributed by atoms with van der Waals surface area (Å²) in [6.45, 7) is 13.5. The van der Waals surface area contributed by atoms with E-state index < -0.39 is 8.15 Å². The maximum absolute atomic E-state index is 6.86. The van der Waals surface area contributed by atoms with Gasteiger partial charge < -0.3 is 14.0 Å². The molecule has 3 nitrogen and oxygen atoms in total. The van der Waals surface area contributed by atoms with E-state index in [1.165, 1.54) is 0 Å². The third kappa shape index (κ3) is 6.64. The second-order valence-corrected chi connectivity index (χ2v) is 12.2. The maximum Gasteiger partial charge on any atom is 0.129 e. The van der Waals surface area contributed by atoms with Gasteiger partial charge in [0, 0.05) is 20.6 Å². The van der Waals surface area contributed by atoms with Crippen LogP contribution in [0.1, 0.15) is 41.5 Å². The molecule has 0 N–H and O–H groups in total. The Balaban J connectivity index is 2.47. The molecule has 0 aromatic heterocycles. The average molecular weight is 435 g/mol. The first-order valence-corrected chi connectivity index (χ1v) is 12.2. The van der Waals surface area contributed by atoms with Gasteiger partial charge in [0.15, 0.2) is 0 Å². The maximum atomic E-state index is 6.86. The molecular formula is C24H35O3PS. The molecule has 0 bridgehead atoms. The van der Waals surface area contributed by atoms with Crippen LogP contribution >= 0.6 is 19.9 Å². The molecular weight excluding hydrogens is 399 g/mol. The summed E-state index contributed by atoms with van der Waals surface area (Å²) in [5, 5.41) is 2.53. The monoisotopic (exact) mass is 434 g/mol. The molecule has 0 saturated carbocycles.